The Bertz CT molecular complexity index is 234. The zero-order chi connectivity index (χ0) is 13.0. The summed E-state index contributed by atoms with van der Waals surface area (Å²) in [4.78, 5) is 0. The van der Waals surface area contributed by atoms with E-state index in [2.05, 4.69) is 26.1 Å². The number of fused-ring (bicyclic) bond motifs is 1. The highest BCUT2D eigenvalue weighted by atomic mass is 15.0. The van der Waals surface area contributed by atoms with Gasteiger partial charge in [0.2, 0.25) is 0 Å². The second-order valence-corrected chi connectivity index (χ2v) is 6.85. The van der Waals surface area contributed by atoms with Crippen LogP contribution in [0, 0.1) is 17.8 Å². The highest BCUT2D eigenvalue weighted by molar-refractivity contribution is 4.87. The van der Waals surface area contributed by atoms with Crippen molar-refractivity contribution in [3.63, 3.8) is 0 Å². The summed E-state index contributed by atoms with van der Waals surface area (Å²) in [5.41, 5.74) is 0. The quantitative estimate of drug-likeness (QED) is 0.743. The average molecular weight is 251 g/mol. The first kappa shape index (κ1) is 14.4. The van der Waals surface area contributed by atoms with Gasteiger partial charge in [-0.05, 0) is 43.9 Å². The standard InChI is InChI=1S/C17H33N/c1-4-14(5-2)13(3)18-17-11-10-15-8-6-7-9-16(15)12-17/h13-18H,4-12H2,1-3H3. The summed E-state index contributed by atoms with van der Waals surface area (Å²) < 4.78 is 0. The molecular formula is C17H33N. The molecule has 0 amide bonds. The van der Waals surface area contributed by atoms with E-state index in [0.717, 1.165) is 23.8 Å². The fraction of sp³-hybridized carbons (Fsp3) is 1.00. The zero-order valence-corrected chi connectivity index (χ0v) is 12.8. The predicted octanol–water partition coefficient (Wildman–Crippen LogP) is 4.76. The molecule has 0 heterocycles. The number of rotatable bonds is 5. The van der Waals surface area contributed by atoms with E-state index in [1.54, 1.807) is 0 Å². The van der Waals surface area contributed by atoms with Gasteiger partial charge < -0.3 is 5.32 Å². The van der Waals surface area contributed by atoms with Crippen molar-refractivity contribution in [2.75, 3.05) is 0 Å². The minimum absolute atomic E-state index is 0.713. The van der Waals surface area contributed by atoms with E-state index in [4.69, 9.17) is 0 Å². The average Bonchev–Trinajstić information content (AvgIpc) is 2.40. The molecule has 0 bridgehead atoms. The molecule has 1 N–H and O–H groups in total. The van der Waals surface area contributed by atoms with Crippen molar-refractivity contribution in [3.05, 3.63) is 0 Å². The van der Waals surface area contributed by atoms with Gasteiger partial charge in [0.05, 0.1) is 0 Å². The Hall–Kier alpha value is -0.0400. The maximum absolute atomic E-state index is 3.95. The summed E-state index contributed by atoms with van der Waals surface area (Å²) in [6.45, 7) is 7.08. The van der Waals surface area contributed by atoms with Crippen molar-refractivity contribution < 1.29 is 0 Å². The molecule has 0 saturated heterocycles. The molecule has 2 rings (SSSR count). The highest BCUT2D eigenvalue weighted by Crippen LogP contribution is 2.40. The molecule has 106 valence electrons. The molecule has 18 heavy (non-hydrogen) atoms. The third kappa shape index (κ3) is 3.50. The van der Waals surface area contributed by atoms with Crippen molar-refractivity contribution >= 4 is 0 Å². The van der Waals surface area contributed by atoms with E-state index in [0.29, 0.717) is 6.04 Å². The smallest absolute Gasteiger partial charge is 0.00724 e. The van der Waals surface area contributed by atoms with Crippen LogP contribution in [0.3, 0.4) is 0 Å². The minimum atomic E-state index is 0.713. The van der Waals surface area contributed by atoms with Crippen molar-refractivity contribution in [3.8, 4) is 0 Å². The van der Waals surface area contributed by atoms with Gasteiger partial charge in [-0.3, -0.25) is 0 Å². The lowest BCUT2D eigenvalue weighted by atomic mass is 9.69. The van der Waals surface area contributed by atoms with Crippen molar-refractivity contribution in [1.82, 2.24) is 5.32 Å². The molecular weight excluding hydrogens is 218 g/mol. The van der Waals surface area contributed by atoms with E-state index >= 15 is 0 Å². The Kier molecular flexibility index (Phi) is 5.54. The Morgan fingerprint density at radius 2 is 1.61 bits per heavy atom. The molecule has 0 radical (unpaired) electrons. The van der Waals surface area contributed by atoms with Crippen LogP contribution in [0.25, 0.3) is 0 Å². The van der Waals surface area contributed by atoms with Crippen LogP contribution in [-0.2, 0) is 0 Å². The van der Waals surface area contributed by atoms with Crippen molar-refractivity contribution in [2.45, 2.75) is 90.6 Å². The maximum Gasteiger partial charge on any atom is 0.00724 e. The predicted molar refractivity (Wildman–Crippen MR) is 79.8 cm³/mol. The van der Waals surface area contributed by atoms with Crippen LogP contribution in [0.5, 0.6) is 0 Å². The van der Waals surface area contributed by atoms with Crippen molar-refractivity contribution in [1.29, 1.82) is 0 Å². The Labute approximate surface area is 114 Å². The molecule has 1 nitrogen and oxygen atoms in total. The van der Waals surface area contributed by atoms with Gasteiger partial charge in [0.25, 0.3) is 0 Å². The molecule has 1 heteroatoms. The van der Waals surface area contributed by atoms with Gasteiger partial charge in [-0.15, -0.1) is 0 Å². The second kappa shape index (κ2) is 6.93. The molecule has 2 aliphatic carbocycles. The first-order valence-corrected chi connectivity index (χ1v) is 8.50. The fourth-order valence-electron chi connectivity index (χ4n) is 4.53. The summed E-state index contributed by atoms with van der Waals surface area (Å²) >= 11 is 0. The van der Waals surface area contributed by atoms with Gasteiger partial charge in [-0.1, -0.05) is 52.4 Å². The monoisotopic (exact) mass is 251 g/mol. The first-order chi connectivity index (χ1) is 8.74. The van der Waals surface area contributed by atoms with Gasteiger partial charge in [0, 0.05) is 12.1 Å². The minimum Gasteiger partial charge on any atom is -0.311 e. The van der Waals surface area contributed by atoms with E-state index in [1.807, 2.05) is 0 Å². The van der Waals surface area contributed by atoms with Crippen LogP contribution in [0.2, 0.25) is 0 Å². The molecule has 0 aromatic carbocycles. The summed E-state index contributed by atoms with van der Waals surface area (Å²) in [6.07, 6.45) is 13.1. The lowest BCUT2D eigenvalue weighted by molar-refractivity contribution is 0.133. The molecule has 4 atom stereocenters. The summed E-state index contributed by atoms with van der Waals surface area (Å²) in [5.74, 6) is 3.01. The van der Waals surface area contributed by atoms with Gasteiger partial charge in [-0.25, -0.2) is 0 Å². The fourth-order valence-corrected chi connectivity index (χ4v) is 4.53. The largest absolute Gasteiger partial charge is 0.311 e. The van der Waals surface area contributed by atoms with Gasteiger partial charge >= 0.3 is 0 Å². The zero-order valence-electron chi connectivity index (χ0n) is 12.8. The van der Waals surface area contributed by atoms with Gasteiger partial charge in [-0.2, -0.15) is 0 Å². The molecule has 4 unspecified atom stereocenters. The Balaban J connectivity index is 1.80. The summed E-state index contributed by atoms with van der Waals surface area (Å²) in [7, 11) is 0. The summed E-state index contributed by atoms with van der Waals surface area (Å²) in [6, 6.07) is 1.53. The lowest BCUT2D eigenvalue weighted by Crippen LogP contribution is -2.45. The third-order valence-corrected chi connectivity index (χ3v) is 5.79. The second-order valence-electron chi connectivity index (χ2n) is 6.85. The van der Waals surface area contributed by atoms with Crippen LogP contribution < -0.4 is 5.32 Å². The van der Waals surface area contributed by atoms with Crippen LogP contribution in [0.1, 0.15) is 78.6 Å². The topological polar surface area (TPSA) is 12.0 Å². The molecule has 2 fully saturated rings. The SMILES string of the molecule is CCC(CC)C(C)NC1CCC2CCCCC2C1. The van der Waals surface area contributed by atoms with E-state index in [9.17, 15) is 0 Å². The molecule has 0 aromatic rings. The third-order valence-electron chi connectivity index (χ3n) is 5.79. The Morgan fingerprint density at radius 1 is 0.944 bits per heavy atom. The lowest BCUT2D eigenvalue weighted by Gasteiger charge is -2.41. The summed E-state index contributed by atoms with van der Waals surface area (Å²) in [5, 5.41) is 3.95. The van der Waals surface area contributed by atoms with Gasteiger partial charge in [0.1, 0.15) is 0 Å². The first-order valence-electron chi connectivity index (χ1n) is 8.50. The van der Waals surface area contributed by atoms with E-state index in [1.165, 1.54) is 57.8 Å². The molecule has 2 saturated carbocycles. The van der Waals surface area contributed by atoms with Gasteiger partial charge in [0.15, 0.2) is 0 Å². The van der Waals surface area contributed by atoms with Crippen LogP contribution in [0.4, 0.5) is 0 Å². The molecule has 0 aliphatic heterocycles. The molecule has 0 spiro atoms. The number of hydrogen-bond donors (Lipinski definition) is 1. The molecule has 2 aliphatic rings. The highest BCUT2D eigenvalue weighted by Gasteiger charge is 2.32. The van der Waals surface area contributed by atoms with Crippen LogP contribution in [-0.4, -0.2) is 12.1 Å². The van der Waals surface area contributed by atoms with Crippen molar-refractivity contribution in [2.24, 2.45) is 17.8 Å². The molecule has 0 aromatic heterocycles. The van der Waals surface area contributed by atoms with Crippen LogP contribution >= 0.6 is 0 Å². The maximum atomic E-state index is 3.95. The normalized spacial score (nSPS) is 34.3. The number of nitrogens with one attached hydrogen (secondary N) is 1. The van der Waals surface area contributed by atoms with E-state index in [-0.39, 0.29) is 0 Å². The number of hydrogen-bond acceptors (Lipinski definition) is 1. The van der Waals surface area contributed by atoms with Crippen LogP contribution in [0.15, 0.2) is 0 Å². The Morgan fingerprint density at radius 3 is 2.28 bits per heavy atom. The van der Waals surface area contributed by atoms with E-state index < -0.39 is 0 Å².